The number of aliphatic carboxylic acids is 2. The van der Waals surface area contributed by atoms with Gasteiger partial charge in [-0.25, -0.2) is 0 Å². The van der Waals surface area contributed by atoms with Gasteiger partial charge in [0.15, 0.2) is 0 Å². The molecule has 0 aromatic heterocycles. The first-order valence-electron chi connectivity index (χ1n) is 5.89. The van der Waals surface area contributed by atoms with Gasteiger partial charge in [0, 0.05) is 0 Å². The smallest absolute Gasteiger partial charge is 0.303 e. The van der Waals surface area contributed by atoms with Crippen LogP contribution in [0.5, 0.6) is 0 Å². The van der Waals surface area contributed by atoms with E-state index in [9.17, 15) is 9.59 Å². The summed E-state index contributed by atoms with van der Waals surface area (Å²) < 4.78 is 0.844. The summed E-state index contributed by atoms with van der Waals surface area (Å²) >= 11 is 0. The number of nitrogens with zero attached hydrogens (tertiary/aromatic N) is 1. The Balaban J connectivity index is -0.000000214. The first kappa shape index (κ1) is 22.8. The van der Waals surface area contributed by atoms with Crippen molar-refractivity contribution in [2.45, 2.75) is 26.7 Å². The minimum absolute atomic E-state index is 0.281. The van der Waals surface area contributed by atoms with Crippen molar-refractivity contribution >= 4 is 11.9 Å². The van der Waals surface area contributed by atoms with Crippen LogP contribution in [-0.2, 0) is 9.59 Å². The van der Waals surface area contributed by atoms with Gasteiger partial charge in [0.25, 0.3) is 0 Å². The number of aliphatic hydroxyl groups is 1. The van der Waals surface area contributed by atoms with Crippen molar-refractivity contribution in [3.05, 3.63) is 12.2 Å². The van der Waals surface area contributed by atoms with E-state index in [-0.39, 0.29) is 19.4 Å². The molecule has 0 rings (SSSR count). The molecule has 0 spiro atoms. The highest BCUT2D eigenvalue weighted by Crippen LogP contribution is 1.86. The van der Waals surface area contributed by atoms with Gasteiger partial charge in [0.05, 0.1) is 40.6 Å². The Labute approximate surface area is 115 Å². The van der Waals surface area contributed by atoms with Gasteiger partial charge in [0.1, 0.15) is 6.54 Å². The van der Waals surface area contributed by atoms with E-state index in [0.717, 1.165) is 11.0 Å². The zero-order chi connectivity index (χ0) is 16.1. The molecule has 114 valence electrons. The zero-order valence-electron chi connectivity index (χ0n) is 12.6. The number of carboxylic acids is 2. The van der Waals surface area contributed by atoms with Gasteiger partial charge in [-0.2, -0.15) is 0 Å². The largest absolute Gasteiger partial charge is 0.481 e. The van der Waals surface area contributed by atoms with Crippen molar-refractivity contribution in [3.63, 3.8) is 0 Å². The van der Waals surface area contributed by atoms with Gasteiger partial charge < -0.3 is 19.8 Å². The Bertz CT molecular complexity index is 251. The molecule has 0 fully saturated rings. The molecule has 0 aliphatic rings. The summed E-state index contributed by atoms with van der Waals surface area (Å²) in [5.41, 5.74) is 1.17. The number of quaternary nitrogens is 1. The third-order valence-corrected chi connectivity index (χ3v) is 1.32. The second kappa shape index (κ2) is 13.0. The molecule has 0 aliphatic carbocycles. The average Bonchev–Trinajstić information content (AvgIpc) is 2.12. The maximum absolute atomic E-state index is 9.64. The summed E-state index contributed by atoms with van der Waals surface area (Å²) in [4.78, 5) is 19.3. The van der Waals surface area contributed by atoms with Crippen molar-refractivity contribution in [3.8, 4) is 0 Å². The number of carbonyl (C=O) groups is 2. The summed E-state index contributed by atoms with van der Waals surface area (Å²) in [6.07, 6.45) is -0.593. The lowest BCUT2D eigenvalue weighted by Gasteiger charge is -2.21. The van der Waals surface area contributed by atoms with E-state index >= 15 is 0 Å². The van der Waals surface area contributed by atoms with Crippen LogP contribution in [-0.4, -0.2) is 66.0 Å². The maximum Gasteiger partial charge on any atom is 0.303 e. The van der Waals surface area contributed by atoms with E-state index in [0.29, 0.717) is 0 Å². The van der Waals surface area contributed by atoms with Gasteiger partial charge in [0.2, 0.25) is 0 Å². The molecule has 0 saturated heterocycles. The number of aliphatic hydroxyl groups excluding tert-OH is 1. The van der Waals surface area contributed by atoms with E-state index in [4.69, 9.17) is 15.3 Å². The molecule has 0 aliphatic heterocycles. The predicted octanol–water partition coefficient (Wildman–Crippen LogP) is 1.20. The van der Waals surface area contributed by atoms with E-state index in [1.807, 2.05) is 13.8 Å². The van der Waals surface area contributed by atoms with Gasteiger partial charge in [-0.3, -0.25) is 9.59 Å². The number of allylic oxidation sites excluding steroid dienone is 1. The lowest BCUT2D eigenvalue weighted by Crippen LogP contribution is -2.36. The van der Waals surface area contributed by atoms with Crippen LogP contribution in [0.1, 0.15) is 26.7 Å². The molecule has 0 aromatic rings. The molecular weight excluding hydrogens is 250 g/mol. The van der Waals surface area contributed by atoms with Crippen LogP contribution in [0.3, 0.4) is 0 Å². The quantitative estimate of drug-likeness (QED) is 0.519. The molecule has 0 unspecified atom stereocenters. The molecule has 6 heteroatoms. The second-order valence-electron chi connectivity index (χ2n) is 5.23. The summed E-state index contributed by atoms with van der Waals surface area (Å²) in [7, 11) is 6.16. The highest BCUT2D eigenvalue weighted by atomic mass is 16.4. The fourth-order valence-corrected chi connectivity index (χ4v) is 0.514. The lowest BCUT2D eigenvalue weighted by atomic mass is 10.3. The van der Waals surface area contributed by atoms with Crippen molar-refractivity contribution in [2.75, 3.05) is 34.3 Å². The number of hydrogen-bond acceptors (Lipinski definition) is 3. The number of likely N-dealkylation sites (N-methyl/N-ethyl adjacent to an activating group) is 1. The molecule has 0 bridgehead atoms. The number of carboxylic acid groups (broad SMARTS) is 2. The van der Waals surface area contributed by atoms with Gasteiger partial charge in [-0.1, -0.05) is 5.57 Å². The SMILES string of the molecule is C=C(C)C.C[N+](C)(C)CCO.O=C(O)CCC(=O)O. The van der Waals surface area contributed by atoms with Crippen LogP contribution in [0.15, 0.2) is 12.2 Å². The van der Waals surface area contributed by atoms with E-state index in [1.54, 1.807) is 0 Å². The molecule has 0 radical (unpaired) electrons. The molecule has 0 atom stereocenters. The summed E-state index contributed by atoms with van der Waals surface area (Å²) in [6, 6.07) is 0. The Morgan fingerprint density at radius 3 is 1.32 bits per heavy atom. The Hall–Kier alpha value is -1.40. The van der Waals surface area contributed by atoms with Crippen LogP contribution < -0.4 is 0 Å². The summed E-state index contributed by atoms with van der Waals surface area (Å²) in [5.74, 6) is -2.15. The fourth-order valence-electron chi connectivity index (χ4n) is 0.514. The van der Waals surface area contributed by atoms with Crippen molar-refractivity contribution in [1.29, 1.82) is 0 Å². The van der Waals surface area contributed by atoms with E-state index < -0.39 is 11.9 Å². The van der Waals surface area contributed by atoms with Gasteiger partial charge >= 0.3 is 11.9 Å². The van der Waals surface area contributed by atoms with Gasteiger partial charge in [-0.15, -0.1) is 6.58 Å². The molecule has 0 amide bonds. The highest BCUT2D eigenvalue weighted by molar-refractivity contribution is 5.75. The molecule has 0 aromatic carbocycles. The number of hydrogen-bond donors (Lipinski definition) is 3. The predicted molar refractivity (Wildman–Crippen MR) is 75.0 cm³/mol. The van der Waals surface area contributed by atoms with Crippen molar-refractivity contribution in [2.24, 2.45) is 0 Å². The van der Waals surface area contributed by atoms with Gasteiger partial charge in [-0.05, 0) is 13.8 Å². The van der Waals surface area contributed by atoms with Crippen molar-refractivity contribution < 1.29 is 29.4 Å². The Kier molecular flexibility index (Phi) is 15.6. The standard InChI is InChI=1S/C5H14NO.C4H6O4.C4H8/c1-6(2,3)4-5-7;5-3(6)1-2-4(7)8;1-4(2)3/h7H,4-5H2,1-3H3;1-2H2,(H,5,6)(H,7,8);1H2,2-3H3/q+1;;. The summed E-state index contributed by atoms with van der Waals surface area (Å²) in [5, 5.41) is 24.2. The third kappa shape index (κ3) is 61.3. The van der Waals surface area contributed by atoms with Crippen LogP contribution in [0.2, 0.25) is 0 Å². The molecule has 0 heterocycles. The highest BCUT2D eigenvalue weighted by Gasteiger charge is 2.02. The van der Waals surface area contributed by atoms with Crippen LogP contribution in [0.25, 0.3) is 0 Å². The Morgan fingerprint density at radius 1 is 1.00 bits per heavy atom. The first-order chi connectivity index (χ1) is 8.42. The summed E-state index contributed by atoms with van der Waals surface area (Å²) in [6.45, 7) is 8.61. The molecule has 3 N–H and O–H groups in total. The monoisotopic (exact) mass is 278 g/mol. The minimum Gasteiger partial charge on any atom is -0.481 e. The molecule has 19 heavy (non-hydrogen) atoms. The zero-order valence-corrected chi connectivity index (χ0v) is 12.6. The number of rotatable bonds is 5. The van der Waals surface area contributed by atoms with Crippen LogP contribution in [0, 0.1) is 0 Å². The lowest BCUT2D eigenvalue weighted by molar-refractivity contribution is -0.870. The fraction of sp³-hybridized carbons (Fsp3) is 0.692. The maximum atomic E-state index is 9.64. The normalized spacial score (nSPS) is 9.37. The van der Waals surface area contributed by atoms with Crippen LogP contribution in [0.4, 0.5) is 0 Å². The average molecular weight is 278 g/mol. The van der Waals surface area contributed by atoms with Crippen molar-refractivity contribution in [1.82, 2.24) is 0 Å². The Morgan fingerprint density at radius 2 is 1.26 bits per heavy atom. The van der Waals surface area contributed by atoms with E-state index in [1.165, 1.54) is 5.57 Å². The molecular formula is C13H28NO5+. The third-order valence-electron chi connectivity index (χ3n) is 1.32. The first-order valence-corrected chi connectivity index (χ1v) is 5.89. The minimum atomic E-state index is -1.08. The second-order valence-corrected chi connectivity index (χ2v) is 5.23. The molecule has 0 saturated carbocycles. The van der Waals surface area contributed by atoms with Crippen LogP contribution >= 0.6 is 0 Å². The topological polar surface area (TPSA) is 94.8 Å². The van der Waals surface area contributed by atoms with E-state index in [2.05, 4.69) is 27.7 Å². The molecule has 6 nitrogen and oxygen atoms in total.